The van der Waals surface area contributed by atoms with Gasteiger partial charge in [0.25, 0.3) is 0 Å². The molecule has 0 amide bonds. The van der Waals surface area contributed by atoms with Crippen LogP contribution in [0.2, 0.25) is 0 Å². The highest BCUT2D eigenvalue weighted by Gasteiger charge is 2.14. The Bertz CT molecular complexity index is 1050. The van der Waals surface area contributed by atoms with Gasteiger partial charge >= 0.3 is 5.97 Å². The first kappa shape index (κ1) is 20.0. The molecule has 6 heteroatoms. The zero-order valence-corrected chi connectivity index (χ0v) is 16.6. The lowest BCUT2D eigenvalue weighted by Crippen LogP contribution is -2.06. The molecule has 0 bridgehead atoms. The predicted molar refractivity (Wildman–Crippen MR) is 108 cm³/mol. The van der Waals surface area contributed by atoms with Crippen LogP contribution < -0.4 is 4.74 Å². The van der Waals surface area contributed by atoms with Crippen LogP contribution >= 0.6 is 0 Å². The van der Waals surface area contributed by atoms with Gasteiger partial charge in [-0.05, 0) is 61.7 Å². The van der Waals surface area contributed by atoms with Crippen molar-refractivity contribution in [2.45, 2.75) is 27.2 Å². The summed E-state index contributed by atoms with van der Waals surface area (Å²) in [5, 5.41) is 8.90. The van der Waals surface area contributed by atoms with E-state index in [-0.39, 0.29) is 5.97 Å². The highest BCUT2D eigenvalue weighted by Crippen LogP contribution is 2.29. The van der Waals surface area contributed by atoms with Crippen LogP contribution in [0.1, 0.15) is 45.4 Å². The summed E-state index contributed by atoms with van der Waals surface area (Å²) in [6, 6.07) is 14.6. The Balaban J connectivity index is 1.79. The normalized spacial score (nSPS) is 10.3. The largest absolute Gasteiger partial charge is 0.462 e. The molecule has 0 aliphatic heterocycles. The van der Waals surface area contributed by atoms with Gasteiger partial charge in [-0.15, -0.1) is 0 Å². The van der Waals surface area contributed by atoms with Crippen molar-refractivity contribution < 1.29 is 14.3 Å². The Morgan fingerprint density at radius 2 is 1.79 bits per heavy atom. The van der Waals surface area contributed by atoms with Gasteiger partial charge in [0.1, 0.15) is 11.6 Å². The molecule has 29 heavy (non-hydrogen) atoms. The van der Waals surface area contributed by atoms with Crippen LogP contribution in [0, 0.1) is 25.2 Å². The van der Waals surface area contributed by atoms with Gasteiger partial charge in [-0.2, -0.15) is 10.2 Å². The molecule has 0 spiro atoms. The molecule has 3 aromatic rings. The molecule has 0 atom stereocenters. The first-order valence-corrected chi connectivity index (χ1v) is 9.27. The maximum atomic E-state index is 12.0. The third kappa shape index (κ3) is 4.96. The minimum atomic E-state index is -0.350. The molecular weight excluding hydrogens is 366 g/mol. The monoisotopic (exact) mass is 387 g/mol. The van der Waals surface area contributed by atoms with Gasteiger partial charge in [-0.25, -0.2) is 9.78 Å². The maximum Gasteiger partial charge on any atom is 0.338 e. The smallest absolute Gasteiger partial charge is 0.338 e. The van der Waals surface area contributed by atoms with Crippen LogP contribution in [0.25, 0.3) is 0 Å². The molecular formula is C23H21N3O3. The van der Waals surface area contributed by atoms with E-state index in [1.807, 2.05) is 26.0 Å². The van der Waals surface area contributed by atoms with Gasteiger partial charge < -0.3 is 9.47 Å². The predicted octanol–water partition coefficient (Wildman–Crippen LogP) is 4.52. The summed E-state index contributed by atoms with van der Waals surface area (Å²) in [6.07, 6.45) is 2.18. The van der Waals surface area contributed by atoms with E-state index in [9.17, 15) is 4.79 Å². The summed E-state index contributed by atoms with van der Waals surface area (Å²) in [4.78, 5) is 20.8. The Hall–Kier alpha value is -3.72. The fraction of sp³-hybridized carbons (Fsp3) is 0.217. The van der Waals surface area contributed by atoms with Crippen LogP contribution in [0.15, 0.2) is 48.7 Å². The number of carbonyl (C=O) groups excluding carboxylic acids is 1. The molecule has 0 unspecified atom stereocenters. The summed E-state index contributed by atoms with van der Waals surface area (Å²) in [5.41, 5.74) is 3.76. The molecule has 2 aromatic carbocycles. The molecule has 0 aliphatic rings. The minimum Gasteiger partial charge on any atom is -0.462 e. The molecule has 0 fully saturated rings. The van der Waals surface area contributed by atoms with Gasteiger partial charge in [0.15, 0.2) is 0 Å². The van der Waals surface area contributed by atoms with E-state index in [4.69, 9.17) is 14.7 Å². The van der Waals surface area contributed by atoms with E-state index < -0.39 is 0 Å². The molecule has 1 heterocycles. The summed E-state index contributed by atoms with van der Waals surface area (Å²) < 4.78 is 11.1. The number of ether oxygens (including phenoxy) is 2. The van der Waals surface area contributed by atoms with Crippen molar-refractivity contribution >= 4 is 5.97 Å². The van der Waals surface area contributed by atoms with Gasteiger partial charge in [0.2, 0.25) is 5.88 Å². The van der Waals surface area contributed by atoms with Crippen LogP contribution in [0.5, 0.6) is 11.6 Å². The fourth-order valence-corrected chi connectivity index (χ4v) is 2.95. The van der Waals surface area contributed by atoms with E-state index >= 15 is 0 Å². The number of hydrogen-bond donors (Lipinski definition) is 0. The summed E-state index contributed by atoms with van der Waals surface area (Å²) in [6.45, 7) is 5.87. The lowest BCUT2D eigenvalue weighted by atomic mass is 10.1. The van der Waals surface area contributed by atoms with Crippen LogP contribution in [0.3, 0.4) is 0 Å². The Morgan fingerprint density at radius 3 is 2.41 bits per heavy atom. The van der Waals surface area contributed by atoms with Gasteiger partial charge in [-0.3, -0.25) is 0 Å². The van der Waals surface area contributed by atoms with Gasteiger partial charge in [0.05, 0.1) is 23.8 Å². The molecule has 3 rings (SSSR count). The van der Waals surface area contributed by atoms with Crippen molar-refractivity contribution in [2.75, 3.05) is 6.61 Å². The van der Waals surface area contributed by atoms with Crippen molar-refractivity contribution in [3.8, 4) is 17.7 Å². The van der Waals surface area contributed by atoms with Crippen LogP contribution in [-0.4, -0.2) is 22.5 Å². The highest BCUT2D eigenvalue weighted by atomic mass is 16.5. The van der Waals surface area contributed by atoms with Crippen LogP contribution in [-0.2, 0) is 11.2 Å². The van der Waals surface area contributed by atoms with E-state index in [0.29, 0.717) is 41.6 Å². The second-order valence-electron chi connectivity index (χ2n) is 6.56. The number of carbonyl (C=O) groups is 1. The van der Waals surface area contributed by atoms with Crippen molar-refractivity contribution in [3.05, 3.63) is 82.3 Å². The van der Waals surface area contributed by atoms with E-state index in [2.05, 4.69) is 16.0 Å². The van der Waals surface area contributed by atoms with Gasteiger partial charge in [-0.1, -0.05) is 12.1 Å². The molecule has 0 saturated carbocycles. The van der Waals surface area contributed by atoms with Crippen LogP contribution in [0.4, 0.5) is 0 Å². The third-order valence-corrected chi connectivity index (χ3v) is 4.30. The summed E-state index contributed by atoms with van der Waals surface area (Å²) in [7, 11) is 0. The van der Waals surface area contributed by atoms with E-state index in [1.165, 1.54) is 0 Å². The Morgan fingerprint density at radius 1 is 1.10 bits per heavy atom. The zero-order valence-electron chi connectivity index (χ0n) is 16.6. The highest BCUT2D eigenvalue weighted by molar-refractivity contribution is 5.90. The SMILES string of the molecule is CCOC(=O)c1cc(C)c(Oc2ccnc(Cc3ccc(C#N)cc3)n2)c(C)c1. The zero-order chi connectivity index (χ0) is 20.8. The molecule has 0 saturated heterocycles. The second kappa shape index (κ2) is 8.98. The first-order chi connectivity index (χ1) is 14.0. The molecule has 1 aromatic heterocycles. The topological polar surface area (TPSA) is 85.1 Å². The number of esters is 1. The number of benzene rings is 2. The number of aryl methyl sites for hydroxylation is 2. The molecule has 0 N–H and O–H groups in total. The van der Waals surface area contributed by atoms with Crippen molar-refractivity contribution in [3.63, 3.8) is 0 Å². The molecule has 0 radical (unpaired) electrons. The molecule has 6 nitrogen and oxygen atoms in total. The molecule has 146 valence electrons. The van der Waals surface area contributed by atoms with E-state index in [1.54, 1.807) is 43.5 Å². The van der Waals surface area contributed by atoms with Crippen molar-refractivity contribution in [2.24, 2.45) is 0 Å². The first-order valence-electron chi connectivity index (χ1n) is 9.27. The fourth-order valence-electron chi connectivity index (χ4n) is 2.95. The standard InChI is InChI=1S/C23H21N3O3/c1-4-28-23(27)19-11-15(2)22(16(3)12-19)29-21-9-10-25-20(26-21)13-17-5-7-18(14-24)8-6-17/h5-12H,4,13H2,1-3H3. The Kier molecular flexibility index (Phi) is 6.20. The lowest BCUT2D eigenvalue weighted by Gasteiger charge is -2.13. The lowest BCUT2D eigenvalue weighted by molar-refractivity contribution is 0.0526. The average molecular weight is 387 g/mol. The molecule has 0 aliphatic carbocycles. The number of aromatic nitrogens is 2. The van der Waals surface area contributed by atoms with Crippen molar-refractivity contribution in [1.82, 2.24) is 9.97 Å². The van der Waals surface area contributed by atoms with E-state index in [0.717, 1.165) is 16.7 Å². The number of hydrogen-bond acceptors (Lipinski definition) is 6. The maximum absolute atomic E-state index is 12.0. The number of nitrogens with zero attached hydrogens (tertiary/aromatic N) is 3. The number of rotatable bonds is 6. The van der Waals surface area contributed by atoms with Gasteiger partial charge in [0, 0.05) is 18.7 Å². The quantitative estimate of drug-likeness (QED) is 0.578. The third-order valence-electron chi connectivity index (χ3n) is 4.30. The second-order valence-corrected chi connectivity index (χ2v) is 6.56. The Labute approximate surface area is 169 Å². The minimum absolute atomic E-state index is 0.331. The number of nitriles is 1. The average Bonchev–Trinajstić information content (AvgIpc) is 2.71. The summed E-state index contributed by atoms with van der Waals surface area (Å²) in [5.74, 6) is 1.35. The van der Waals surface area contributed by atoms with Crippen molar-refractivity contribution in [1.29, 1.82) is 5.26 Å². The summed E-state index contributed by atoms with van der Waals surface area (Å²) >= 11 is 0.